The summed E-state index contributed by atoms with van der Waals surface area (Å²) in [6.45, 7) is 2.09. The molecule has 2 aromatic carbocycles. The van der Waals surface area contributed by atoms with Crippen LogP contribution in [0, 0.1) is 5.82 Å². The molecule has 1 nitrogen and oxygen atoms in total. The number of nitrogens with one attached hydrogen (secondary N) is 1. The maximum absolute atomic E-state index is 13.2. The van der Waals surface area contributed by atoms with Crippen molar-refractivity contribution in [1.29, 1.82) is 0 Å². The van der Waals surface area contributed by atoms with Crippen LogP contribution in [0.3, 0.4) is 0 Å². The Morgan fingerprint density at radius 1 is 1.20 bits per heavy atom. The van der Waals surface area contributed by atoms with Crippen LogP contribution in [-0.2, 0) is 0 Å². The van der Waals surface area contributed by atoms with Crippen molar-refractivity contribution in [3.63, 3.8) is 0 Å². The molecule has 1 fully saturated rings. The number of hydrogen-bond acceptors (Lipinski definition) is 1. The van der Waals surface area contributed by atoms with Crippen molar-refractivity contribution in [2.75, 3.05) is 0 Å². The van der Waals surface area contributed by atoms with Crippen molar-refractivity contribution in [2.24, 2.45) is 0 Å². The van der Waals surface area contributed by atoms with Gasteiger partial charge in [-0.1, -0.05) is 48.0 Å². The smallest absolute Gasteiger partial charge is 0.141 e. The molecule has 20 heavy (non-hydrogen) atoms. The Hall–Kier alpha value is -1.38. The molecule has 104 valence electrons. The Balaban J connectivity index is 1.63. The second-order valence-corrected chi connectivity index (χ2v) is 5.83. The normalized spacial score (nSPS) is 22.6. The predicted octanol–water partition coefficient (Wildman–Crippen LogP) is 4.69. The quantitative estimate of drug-likeness (QED) is 0.861. The van der Waals surface area contributed by atoms with Crippen molar-refractivity contribution in [3.8, 4) is 0 Å². The summed E-state index contributed by atoms with van der Waals surface area (Å²) in [5, 5.41) is 3.77. The number of hydrogen-bond donors (Lipinski definition) is 1. The molecule has 0 aliphatic heterocycles. The molecule has 0 spiro atoms. The van der Waals surface area contributed by atoms with Gasteiger partial charge >= 0.3 is 0 Å². The molecule has 0 radical (unpaired) electrons. The lowest BCUT2D eigenvalue weighted by Gasteiger charge is -2.15. The average Bonchev–Trinajstić information content (AvgIpc) is 3.22. The zero-order valence-corrected chi connectivity index (χ0v) is 12.1. The second-order valence-electron chi connectivity index (χ2n) is 5.42. The molecule has 3 rings (SSSR count). The molecule has 0 aromatic heterocycles. The Morgan fingerprint density at radius 2 is 1.95 bits per heavy atom. The third-order valence-corrected chi connectivity index (χ3v) is 4.22. The van der Waals surface area contributed by atoms with Gasteiger partial charge in [0, 0.05) is 18.0 Å². The largest absolute Gasteiger partial charge is 0.307 e. The van der Waals surface area contributed by atoms with Crippen molar-refractivity contribution in [2.45, 2.75) is 31.3 Å². The van der Waals surface area contributed by atoms with E-state index in [2.05, 4.69) is 36.5 Å². The van der Waals surface area contributed by atoms with Gasteiger partial charge in [-0.05, 0) is 36.6 Å². The summed E-state index contributed by atoms with van der Waals surface area (Å²) in [5.74, 6) is 0.228. The third kappa shape index (κ3) is 2.87. The molecule has 1 aliphatic carbocycles. The predicted molar refractivity (Wildman–Crippen MR) is 80.5 cm³/mol. The molecule has 0 amide bonds. The molecule has 3 unspecified atom stereocenters. The Labute approximate surface area is 123 Å². The van der Waals surface area contributed by atoms with Crippen molar-refractivity contribution in [3.05, 3.63) is 70.5 Å². The summed E-state index contributed by atoms with van der Waals surface area (Å²) in [6, 6.07) is 16.1. The first kappa shape index (κ1) is 13.6. The highest BCUT2D eigenvalue weighted by molar-refractivity contribution is 6.30. The minimum atomic E-state index is -0.365. The van der Waals surface area contributed by atoms with Crippen LogP contribution < -0.4 is 5.32 Å². The third-order valence-electron chi connectivity index (χ3n) is 3.93. The highest BCUT2D eigenvalue weighted by Crippen LogP contribution is 2.41. The molecule has 3 heteroatoms. The lowest BCUT2D eigenvalue weighted by Crippen LogP contribution is -2.22. The van der Waals surface area contributed by atoms with Crippen LogP contribution in [-0.4, -0.2) is 6.04 Å². The van der Waals surface area contributed by atoms with Gasteiger partial charge in [-0.15, -0.1) is 0 Å². The van der Waals surface area contributed by atoms with Gasteiger partial charge in [-0.25, -0.2) is 4.39 Å². The van der Waals surface area contributed by atoms with Crippen LogP contribution in [0.4, 0.5) is 4.39 Å². The number of benzene rings is 2. The zero-order chi connectivity index (χ0) is 14.1. The van der Waals surface area contributed by atoms with E-state index in [1.54, 1.807) is 12.1 Å². The van der Waals surface area contributed by atoms with Gasteiger partial charge in [-0.3, -0.25) is 0 Å². The fourth-order valence-corrected chi connectivity index (χ4v) is 2.84. The summed E-state index contributed by atoms with van der Waals surface area (Å²) in [7, 11) is 0. The summed E-state index contributed by atoms with van der Waals surface area (Å²) in [5.41, 5.74) is 2.41. The second kappa shape index (κ2) is 5.55. The molecule has 0 heterocycles. The highest BCUT2D eigenvalue weighted by atomic mass is 35.5. The van der Waals surface area contributed by atoms with Crippen molar-refractivity contribution in [1.82, 2.24) is 5.32 Å². The Kier molecular flexibility index (Phi) is 3.77. The van der Waals surface area contributed by atoms with E-state index < -0.39 is 0 Å². The lowest BCUT2D eigenvalue weighted by atomic mass is 10.1. The molecule has 0 bridgehead atoms. The Bertz CT molecular complexity index is 599. The minimum Gasteiger partial charge on any atom is -0.307 e. The van der Waals surface area contributed by atoms with E-state index in [1.807, 2.05) is 6.07 Å². The molecule has 1 N–H and O–H groups in total. The fourth-order valence-electron chi connectivity index (χ4n) is 2.65. The van der Waals surface area contributed by atoms with Gasteiger partial charge in [0.2, 0.25) is 0 Å². The SMILES string of the molecule is CC(NC1CC1c1ccccc1)c1ccc(F)c(Cl)c1. The van der Waals surface area contributed by atoms with Crippen LogP contribution in [0.2, 0.25) is 5.02 Å². The minimum absolute atomic E-state index is 0.173. The van der Waals surface area contributed by atoms with E-state index in [0.29, 0.717) is 12.0 Å². The van der Waals surface area contributed by atoms with Gasteiger partial charge in [0.15, 0.2) is 0 Å². The van der Waals surface area contributed by atoms with Crippen LogP contribution >= 0.6 is 11.6 Å². The van der Waals surface area contributed by atoms with Gasteiger partial charge in [0.25, 0.3) is 0 Å². The zero-order valence-electron chi connectivity index (χ0n) is 11.3. The molecular formula is C17H17ClFN. The van der Waals surface area contributed by atoms with E-state index in [-0.39, 0.29) is 16.9 Å². The van der Waals surface area contributed by atoms with Crippen LogP contribution in [0.25, 0.3) is 0 Å². The molecule has 0 saturated heterocycles. The van der Waals surface area contributed by atoms with Gasteiger partial charge < -0.3 is 5.32 Å². The summed E-state index contributed by atoms with van der Waals surface area (Å²) < 4.78 is 13.2. The van der Waals surface area contributed by atoms with E-state index >= 15 is 0 Å². The highest BCUT2D eigenvalue weighted by Gasteiger charge is 2.38. The van der Waals surface area contributed by atoms with Crippen molar-refractivity contribution >= 4 is 11.6 Å². The number of rotatable bonds is 4. The van der Waals surface area contributed by atoms with Crippen LogP contribution in [0.15, 0.2) is 48.5 Å². The Morgan fingerprint density at radius 3 is 2.65 bits per heavy atom. The molecule has 3 atom stereocenters. The maximum Gasteiger partial charge on any atom is 0.141 e. The van der Waals surface area contributed by atoms with Gasteiger partial charge in [-0.2, -0.15) is 0 Å². The molecule has 1 aliphatic rings. The number of halogens is 2. The monoisotopic (exact) mass is 289 g/mol. The first-order valence-electron chi connectivity index (χ1n) is 6.91. The topological polar surface area (TPSA) is 12.0 Å². The maximum atomic E-state index is 13.2. The first-order chi connectivity index (χ1) is 9.65. The lowest BCUT2D eigenvalue weighted by molar-refractivity contribution is 0.560. The first-order valence-corrected chi connectivity index (χ1v) is 7.29. The standard InChI is InChI=1S/C17H17ClFN/c1-11(13-7-8-16(19)15(18)9-13)20-17-10-14(17)12-5-3-2-4-6-12/h2-9,11,14,17,20H,10H2,1H3. The van der Waals surface area contributed by atoms with E-state index in [1.165, 1.54) is 11.6 Å². The summed E-state index contributed by atoms with van der Waals surface area (Å²) >= 11 is 5.83. The molecule has 2 aromatic rings. The fraction of sp³-hybridized carbons (Fsp3) is 0.294. The van der Waals surface area contributed by atoms with Crippen LogP contribution in [0.1, 0.15) is 36.4 Å². The molecule has 1 saturated carbocycles. The van der Waals surface area contributed by atoms with E-state index in [9.17, 15) is 4.39 Å². The van der Waals surface area contributed by atoms with Gasteiger partial charge in [0.1, 0.15) is 5.82 Å². The van der Waals surface area contributed by atoms with E-state index in [4.69, 9.17) is 11.6 Å². The summed E-state index contributed by atoms with van der Waals surface area (Å²) in [4.78, 5) is 0. The van der Waals surface area contributed by atoms with Crippen LogP contribution in [0.5, 0.6) is 0 Å². The average molecular weight is 290 g/mol. The van der Waals surface area contributed by atoms with E-state index in [0.717, 1.165) is 12.0 Å². The van der Waals surface area contributed by atoms with Crippen molar-refractivity contribution < 1.29 is 4.39 Å². The summed E-state index contributed by atoms with van der Waals surface area (Å²) in [6.07, 6.45) is 1.16. The van der Waals surface area contributed by atoms with Gasteiger partial charge in [0.05, 0.1) is 5.02 Å². The molecular weight excluding hydrogens is 273 g/mol.